The van der Waals surface area contributed by atoms with E-state index >= 15 is 0 Å². The van der Waals surface area contributed by atoms with Gasteiger partial charge in [-0.1, -0.05) is 66.2 Å². The fourth-order valence-electron chi connectivity index (χ4n) is 4.51. The molecule has 0 aromatic heterocycles. The lowest BCUT2D eigenvalue weighted by atomic mass is 9.81. The van der Waals surface area contributed by atoms with E-state index in [-0.39, 0.29) is 5.91 Å². The van der Waals surface area contributed by atoms with Crippen molar-refractivity contribution in [2.24, 2.45) is 0 Å². The Labute approximate surface area is 204 Å². The third-order valence-corrected chi connectivity index (χ3v) is 6.63. The van der Waals surface area contributed by atoms with Crippen LogP contribution in [0.25, 0.3) is 10.8 Å². The predicted molar refractivity (Wildman–Crippen MR) is 135 cm³/mol. The molecule has 4 aromatic carbocycles. The Morgan fingerprint density at radius 1 is 0.882 bits per heavy atom. The fourth-order valence-corrected chi connectivity index (χ4v) is 4.69. The summed E-state index contributed by atoms with van der Waals surface area (Å²) >= 11 is 6.04. The van der Waals surface area contributed by atoms with Crippen molar-refractivity contribution in [3.05, 3.63) is 113 Å². The number of nitrogens with one attached hydrogen (secondary N) is 1. The second-order valence-electron chi connectivity index (χ2n) is 8.66. The van der Waals surface area contributed by atoms with Gasteiger partial charge in [-0.25, -0.2) is 0 Å². The molecule has 0 saturated carbocycles. The predicted octanol–water partition coefficient (Wildman–Crippen LogP) is 6.51. The lowest BCUT2D eigenvalue weighted by Gasteiger charge is -2.38. The van der Waals surface area contributed by atoms with Crippen molar-refractivity contribution in [3.8, 4) is 5.75 Å². The molecular weight excluding hydrogens is 446 g/mol. The first-order chi connectivity index (χ1) is 16.6. The van der Waals surface area contributed by atoms with Crippen molar-refractivity contribution < 1.29 is 14.3 Å². The smallest absolute Gasteiger partial charge is 0.251 e. The topological polar surface area (TPSA) is 47.6 Å². The van der Waals surface area contributed by atoms with E-state index in [9.17, 15) is 4.79 Å². The number of hydrogen-bond acceptors (Lipinski definition) is 3. The minimum Gasteiger partial charge on any atom is -0.489 e. The number of hydrogen-bond donors (Lipinski definition) is 1. The SMILES string of the molecule is O=C(NC1(c2ccc3ccccc3c2)CCOCC1)c1cccc(COc2cccc(Cl)c2)c1. The summed E-state index contributed by atoms with van der Waals surface area (Å²) in [5, 5.41) is 6.34. The fraction of sp³-hybridized carbons (Fsp3) is 0.207. The Hall–Kier alpha value is -3.34. The summed E-state index contributed by atoms with van der Waals surface area (Å²) in [5.41, 5.74) is 2.17. The summed E-state index contributed by atoms with van der Waals surface area (Å²) in [4.78, 5) is 13.4. The molecule has 1 heterocycles. The van der Waals surface area contributed by atoms with Gasteiger partial charge < -0.3 is 14.8 Å². The molecule has 34 heavy (non-hydrogen) atoms. The van der Waals surface area contributed by atoms with Crippen molar-refractivity contribution in [2.75, 3.05) is 13.2 Å². The Kier molecular flexibility index (Phi) is 6.52. The molecule has 172 valence electrons. The molecule has 0 bridgehead atoms. The summed E-state index contributed by atoms with van der Waals surface area (Å²) in [7, 11) is 0. The maximum Gasteiger partial charge on any atom is 0.251 e. The first-order valence-corrected chi connectivity index (χ1v) is 11.9. The van der Waals surface area contributed by atoms with Crippen LogP contribution in [0, 0.1) is 0 Å². The van der Waals surface area contributed by atoms with Crippen molar-refractivity contribution in [3.63, 3.8) is 0 Å². The molecule has 0 atom stereocenters. The van der Waals surface area contributed by atoms with Gasteiger partial charge in [0, 0.05) is 23.8 Å². The molecule has 1 aliphatic rings. The number of benzene rings is 4. The zero-order valence-electron chi connectivity index (χ0n) is 18.8. The monoisotopic (exact) mass is 471 g/mol. The molecule has 4 nitrogen and oxygen atoms in total. The summed E-state index contributed by atoms with van der Waals surface area (Å²) in [6.45, 7) is 1.58. The van der Waals surface area contributed by atoms with Crippen LogP contribution in [0.4, 0.5) is 0 Å². The average molecular weight is 472 g/mol. The lowest BCUT2D eigenvalue weighted by Crippen LogP contribution is -2.49. The summed E-state index contributed by atoms with van der Waals surface area (Å²) < 4.78 is 11.5. The van der Waals surface area contributed by atoms with E-state index in [4.69, 9.17) is 21.1 Å². The van der Waals surface area contributed by atoms with Gasteiger partial charge in [0.25, 0.3) is 5.91 Å². The first-order valence-electron chi connectivity index (χ1n) is 11.5. The number of carbonyl (C=O) groups is 1. The van der Waals surface area contributed by atoms with Crippen molar-refractivity contribution in [1.82, 2.24) is 5.32 Å². The number of amides is 1. The average Bonchev–Trinajstić information content (AvgIpc) is 2.88. The molecule has 4 aromatic rings. The van der Waals surface area contributed by atoms with Gasteiger partial charge in [-0.15, -0.1) is 0 Å². The van der Waals surface area contributed by atoms with E-state index in [1.807, 2.05) is 48.5 Å². The van der Waals surface area contributed by atoms with E-state index in [1.54, 1.807) is 12.1 Å². The number of rotatable bonds is 6. The zero-order valence-corrected chi connectivity index (χ0v) is 19.6. The molecule has 1 amide bonds. The summed E-state index contributed by atoms with van der Waals surface area (Å²) in [6.07, 6.45) is 1.46. The van der Waals surface area contributed by atoms with Gasteiger partial charge in [-0.05, 0) is 71.1 Å². The largest absolute Gasteiger partial charge is 0.489 e. The third kappa shape index (κ3) is 4.93. The Morgan fingerprint density at radius 2 is 1.68 bits per heavy atom. The van der Waals surface area contributed by atoms with Crippen molar-refractivity contribution in [1.29, 1.82) is 0 Å². The first kappa shape index (κ1) is 22.5. The van der Waals surface area contributed by atoms with E-state index in [2.05, 4.69) is 35.6 Å². The Morgan fingerprint density at radius 3 is 2.50 bits per heavy atom. The minimum absolute atomic E-state index is 0.0975. The van der Waals surface area contributed by atoms with Gasteiger partial charge in [0.1, 0.15) is 12.4 Å². The maximum atomic E-state index is 13.4. The van der Waals surface area contributed by atoms with Crippen LogP contribution in [0.2, 0.25) is 5.02 Å². The van der Waals surface area contributed by atoms with Gasteiger partial charge in [0.2, 0.25) is 0 Å². The van der Waals surface area contributed by atoms with E-state index in [0.717, 1.165) is 24.0 Å². The van der Waals surface area contributed by atoms with E-state index in [1.165, 1.54) is 10.8 Å². The molecule has 0 spiro atoms. The van der Waals surface area contributed by atoms with Crippen LogP contribution in [-0.2, 0) is 16.9 Å². The number of carbonyl (C=O) groups excluding carboxylic acids is 1. The summed E-state index contributed by atoms with van der Waals surface area (Å²) in [6, 6.07) is 29.6. The Balaban J connectivity index is 1.37. The molecule has 1 saturated heterocycles. The van der Waals surface area contributed by atoms with Crippen LogP contribution in [0.15, 0.2) is 91.0 Å². The van der Waals surface area contributed by atoms with Gasteiger partial charge in [0.05, 0.1) is 5.54 Å². The standard InChI is InChI=1S/C29H26ClNO3/c30-26-9-4-10-27(19-26)34-20-21-5-3-8-24(17-21)28(32)31-29(13-15-33-16-14-29)25-12-11-22-6-1-2-7-23(22)18-25/h1-12,17-19H,13-16,20H2,(H,31,32). The highest BCUT2D eigenvalue weighted by Crippen LogP contribution is 2.34. The second-order valence-corrected chi connectivity index (χ2v) is 9.09. The molecule has 5 heteroatoms. The molecule has 1 N–H and O–H groups in total. The van der Waals surface area contributed by atoms with E-state index in [0.29, 0.717) is 36.2 Å². The van der Waals surface area contributed by atoms with Crippen LogP contribution in [0.1, 0.15) is 34.3 Å². The Bertz CT molecular complexity index is 1310. The highest BCUT2D eigenvalue weighted by Gasteiger charge is 2.36. The van der Waals surface area contributed by atoms with Crippen molar-refractivity contribution in [2.45, 2.75) is 25.0 Å². The molecule has 0 aliphatic carbocycles. The van der Waals surface area contributed by atoms with Crippen LogP contribution < -0.4 is 10.1 Å². The highest BCUT2D eigenvalue weighted by molar-refractivity contribution is 6.30. The van der Waals surface area contributed by atoms with Crippen LogP contribution in [0.3, 0.4) is 0 Å². The van der Waals surface area contributed by atoms with Gasteiger partial charge in [-0.2, -0.15) is 0 Å². The van der Waals surface area contributed by atoms with Crippen LogP contribution in [-0.4, -0.2) is 19.1 Å². The molecule has 1 aliphatic heterocycles. The lowest BCUT2D eigenvalue weighted by molar-refractivity contribution is 0.0346. The summed E-state index contributed by atoms with van der Waals surface area (Å²) in [5.74, 6) is 0.597. The number of fused-ring (bicyclic) bond motifs is 1. The van der Waals surface area contributed by atoms with Gasteiger partial charge >= 0.3 is 0 Å². The molecule has 0 radical (unpaired) electrons. The van der Waals surface area contributed by atoms with Gasteiger partial charge in [-0.3, -0.25) is 4.79 Å². The number of ether oxygens (including phenoxy) is 2. The number of halogens is 1. The minimum atomic E-state index is -0.466. The molecule has 5 rings (SSSR count). The molecular formula is C29H26ClNO3. The molecule has 1 fully saturated rings. The van der Waals surface area contributed by atoms with Crippen molar-refractivity contribution >= 4 is 28.3 Å². The quantitative estimate of drug-likeness (QED) is 0.349. The highest BCUT2D eigenvalue weighted by atomic mass is 35.5. The normalized spacial score (nSPS) is 15.1. The van der Waals surface area contributed by atoms with E-state index < -0.39 is 5.54 Å². The maximum absolute atomic E-state index is 13.4. The zero-order chi connectivity index (χ0) is 23.4. The third-order valence-electron chi connectivity index (χ3n) is 6.39. The second kappa shape index (κ2) is 9.88. The molecule has 0 unspecified atom stereocenters. The van der Waals surface area contributed by atoms with Gasteiger partial charge in [0.15, 0.2) is 0 Å². The van der Waals surface area contributed by atoms with Crippen LogP contribution in [0.5, 0.6) is 5.75 Å². The van der Waals surface area contributed by atoms with Crippen LogP contribution >= 0.6 is 11.6 Å².